The lowest BCUT2D eigenvalue weighted by molar-refractivity contribution is 0.242. The predicted octanol–water partition coefficient (Wildman–Crippen LogP) is 2.97. The molecule has 1 heterocycles. The van der Waals surface area contributed by atoms with Gasteiger partial charge in [-0.1, -0.05) is 31.5 Å². The molecule has 2 rings (SSSR count). The minimum absolute atomic E-state index is 0.380. The Hall–Kier alpha value is -0.220. The molecule has 19 heavy (non-hydrogen) atoms. The van der Waals surface area contributed by atoms with Gasteiger partial charge in [0, 0.05) is 17.8 Å². The molecule has 4 heteroatoms. The summed E-state index contributed by atoms with van der Waals surface area (Å²) < 4.78 is 0. The van der Waals surface area contributed by atoms with Crippen LogP contribution in [0.3, 0.4) is 0 Å². The summed E-state index contributed by atoms with van der Waals surface area (Å²) in [7, 11) is 4.27. The third-order valence-electron chi connectivity index (χ3n) is 4.22. The molecule has 1 saturated carbocycles. The van der Waals surface area contributed by atoms with Crippen LogP contribution in [0.25, 0.3) is 0 Å². The van der Waals surface area contributed by atoms with Crippen LogP contribution in [0.2, 0.25) is 0 Å². The summed E-state index contributed by atoms with van der Waals surface area (Å²) in [6, 6.07) is 0. The molecule has 1 saturated heterocycles. The molecule has 1 aliphatic heterocycles. The van der Waals surface area contributed by atoms with Crippen LogP contribution < -0.4 is 5.32 Å². The van der Waals surface area contributed by atoms with Crippen LogP contribution in [-0.4, -0.2) is 48.5 Å². The number of nitrogens with one attached hydrogen (secondary N) is 1. The first-order valence-electron chi connectivity index (χ1n) is 7.70. The van der Waals surface area contributed by atoms with Gasteiger partial charge in [0.05, 0.1) is 0 Å². The van der Waals surface area contributed by atoms with Crippen LogP contribution in [0.4, 0.5) is 0 Å². The van der Waals surface area contributed by atoms with Crippen LogP contribution in [-0.2, 0) is 0 Å². The third-order valence-corrected chi connectivity index (χ3v) is 5.42. The summed E-state index contributed by atoms with van der Waals surface area (Å²) >= 11 is 1.94. The van der Waals surface area contributed by atoms with Crippen LogP contribution in [0.1, 0.15) is 45.4 Å². The molecule has 2 unspecified atom stereocenters. The van der Waals surface area contributed by atoms with Crippen molar-refractivity contribution in [2.75, 3.05) is 32.9 Å². The van der Waals surface area contributed by atoms with Gasteiger partial charge in [0.25, 0.3) is 0 Å². The van der Waals surface area contributed by atoms with Gasteiger partial charge in [0.2, 0.25) is 0 Å². The van der Waals surface area contributed by atoms with Gasteiger partial charge in [0.1, 0.15) is 0 Å². The number of aliphatic imine (C=N–C) groups is 1. The molecule has 1 spiro atoms. The average molecular weight is 283 g/mol. The summed E-state index contributed by atoms with van der Waals surface area (Å²) in [5, 5.41) is 4.95. The van der Waals surface area contributed by atoms with Crippen LogP contribution in [0.5, 0.6) is 0 Å². The van der Waals surface area contributed by atoms with E-state index in [1.807, 2.05) is 11.8 Å². The number of rotatable bonds is 5. The van der Waals surface area contributed by atoms with Crippen molar-refractivity contribution in [2.24, 2.45) is 10.9 Å². The molecule has 2 atom stereocenters. The number of hydrogen-bond donors (Lipinski definition) is 1. The highest BCUT2D eigenvalue weighted by atomic mass is 32.2. The fraction of sp³-hybridized carbons (Fsp3) is 0.933. The van der Waals surface area contributed by atoms with E-state index in [-0.39, 0.29) is 0 Å². The second-order valence-electron chi connectivity index (χ2n) is 6.59. The lowest BCUT2D eigenvalue weighted by Gasteiger charge is -2.36. The minimum Gasteiger partial charge on any atom is -0.359 e. The zero-order valence-corrected chi connectivity index (χ0v) is 13.6. The van der Waals surface area contributed by atoms with Crippen LogP contribution in [0.15, 0.2) is 4.99 Å². The third kappa shape index (κ3) is 4.67. The van der Waals surface area contributed by atoms with Gasteiger partial charge in [-0.15, -0.1) is 0 Å². The average Bonchev–Trinajstić information content (AvgIpc) is 2.71. The van der Waals surface area contributed by atoms with Gasteiger partial charge in [0.15, 0.2) is 5.17 Å². The molecule has 0 radical (unpaired) electrons. The van der Waals surface area contributed by atoms with E-state index < -0.39 is 0 Å². The first-order chi connectivity index (χ1) is 9.10. The molecule has 2 fully saturated rings. The van der Waals surface area contributed by atoms with Crippen LogP contribution in [0, 0.1) is 5.92 Å². The Kier molecular flexibility index (Phi) is 5.58. The minimum atomic E-state index is 0.380. The molecule has 1 aliphatic carbocycles. The molecule has 0 aromatic rings. The second-order valence-corrected chi connectivity index (χ2v) is 7.56. The molecule has 3 nitrogen and oxygen atoms in total. The van der Waals surface area contributed by atoms with E-state index >= 15 is 0 Å². The Morgan fingerprint density at radius 3 is 3.00 bits per heavy atom. The van der Waals surface area contributed by atoms with Gasteiger partial charge in [-0.05, 0) is 52.2 Å². The van der Waals surface area contributed by atoms with Gasteiger partial charge in [-0.2, -0.15) is 0 Å². The van der Waals surface area contributed by atoms with E-state index in [4.69, 9.17) is 4.99 Å². The Morgan fingerprint density at radius 2 is 2.26 bits per heavy atom. The second kappa shape index (κ2) is 6.98. The first kappa shape index (κ1) is 15.2. The van der Waals surface area contributed by atoms with E-state index in [2.05, 4.69) is 31.2 Å². The molecule has 0 aromatic heterocycles. The Labute approximate surface area is 122 Å². The highest BCUT2D eigenvalue weighted by Crippen LogP contribution is 2.38. The smallest absolute Gasteiger partial charge is 0.157 e. The normalized spacial score (nSPS) is 33.3. The first-order valence-corrected chi connectivity index (χ1v) is 8.68. The van der Waals surface area contributed by atoms with E-state index in [0.29, 0.717) is 5.54 Å². The summed E-state index contributed by atoms with van der Waals surface area (Å²) in [4.78, 5) is 6.99. The number of thioether (sulfide) groups is 1. The summed E-state index contributed by atoms with van der Waals surface area (Å²) in [6.45, 7) is 4.55. The van der Waals surface area contributed by atoms with Crippen molar-refractivity contribution >= 4 is 16.9 Å². The molecule has 0 aromatic carbocycles. The predicted molar refractivity (Wildman–Crippen MR) is 86.0 cm³/mol. The topological polar surface area (TPSA) is 27.6 Å². The number of nitrogens with zero attached hydrogens (tertiary/aromatic N) is 2. The van der Waals surface area contributed by atoms with E-state index in [1.54, 1.807) is 0 Å². The molecule has 0 bridgehead atoms. The van der Waals surface area contributed by atoms with Gasteiger partial charge < -0.3 is 10.2 Å². The number of amidine groups is 1. The van der Waals surface area contributed by atoms with E-state index in [0.717, 1.165) is 12.5 Å². The molecule has 0 amide bonds. The summed E-state index contributed by atoms with van der Waals surface area (Å²) in [6.07, 6.45) is 7.91. The number of unbranched alkanes of at least 4 members (excludes halogenated alkanes) is 1. The fourth-order valence-electron chi connectivity index (χ4n) is 3.22. The van der Waals surface area contributed by atoms with Gasteiger partial charge in [-0.3, -0.25) is 4.99 Å². The molecular formula is C15H29N3S. The lowest BCUT2D eigenvalue weighted by atomic mass is 9.78. The SMILES string of the molecule is CC1CCCC2(CSC(=NCCCCN(C)C)N2)C1. The van der Waals surface area contributed by atoms with Gasteiger partial charge >= 0.3 is 0 Å². The zero-order chi connectivity index (χ0) is 13.7. The quantitative estimate of drug-likeness (QED) is 0.786. The number of hydrogen-bond acceptors (Lipinski definition) is 3. The Bertz CT molecular complexity index is 317. The van der Waals surface area contributed by atoms with E-state index in [9.17, 15) is 0 Å². The lowest BCUT2D eigenvalue weighted by Crippen LogP contribution is -2.47. The Morgan fingerprint density at radius 1 is 1.42 bits per heavy atom. The maximum Gasteiger partial charge on any atom is 0.157 e. The van der Waals surface area contributed by atoms with Crippen molar-refractivity contribution in [2.45, 2.75) is 51.0 Å². The van der Waals surface area contributed by atoms with E-state index in [1.165, 1.54) is 56.0 Å². The van der Waals surface area contributed by atoms with Crippen molar-refractivity contribution in [1.82, 2.24) is 10.2 Å². The van der Waals surface area contributed by atoms with Crippen molar-refractivity contribution in [3.8, 4) is 0 Å². The molecule has 1 N–H and O–H groups in total. The molecule has 2 aliphatic rings. The molecule has 110 valence electrons. The summed E-state index contributed by atoms with van der Waals surface area (Å²) in [5.41, 5.74) is 0.380. The van der Waals surface area contributed by atoms with Crippen molar-refractivity contribution in [3.05, 3.63) is 0 Å². The fourth-order valence-corrected chi connectivity index (χ4v) is 4.43. The zero-order valence-electron chi connectivity index (χ0n) is 12.7. The maximum atomic E-state index is 4.74. The largest absolute Gasteiger partial charge is 0.359 e. The monoisotopic (exact) mass is 283 g/mol. The highest BCUT2D eigenvalue weighted by Gasteiger charge is 2.40. The highest BCUT2D eigenvalue weighted by molar-refractivity contribution is 8.14. The Balaban J connectivity index is 1.72. The van der Waals surface area contributed by atoms with Crippen molar-refractivity contribution in [3.63, 3.8) is 0 Å². The summed E-state index contributed by atoms with van der Waals surface area (Å²) in [5.74, 6) is 2.11. The van der Waals surface area contributed by atoms with Gasteiger partial charge in [-0.25, -0.2) is 0 Å². The van der Waals surface area contributed by atoms with Crippen molar-refractivity contribution in [1.29, 1.82) is 0 Å². The van der Waals surface area contributed by atoms with Crippen LogP contribution >= 0.6 is 11.8 Å². The molecular weight excluding hydrogens is 254 g/mol. The maximum absolute atomic E-state index is 4.74. The van der Waals surface area contributed by atoms with Crippen molar-refractivity contribution < 1.29 is 0 Å². The standard InChI is InChI=1S/C15H29N3S/c1-13-7-6-8-15(11-13)12-19-14(17-15)16-9-4-5-10-18(2)3/h13H,4-12H2,1-3H3,(H,16,17).